The van der Waals surface area contributed by atoms with Gasteiger partial charge in [0, 0.05) is 32.4 Å². The molecule has 9 heteroatoms. The Bertz CT molecular complexity index is 1090. The number of rotatable bonds is 4. The summed E-state index contributed by atoms with van der Waals surface area (Å²) in [5, 5.41) is 5.51. The molecule has 3 aromatic rings. The number of ether oxygens (including phenoxy) is 1. The van der Waals surface area contributed by atoms with Gasteiger partial charge in [0.1, 0.15) is 18.8 Å². The summed E-state index contributed by atoms with van der Waals surface area (Å²) < 4.78 is 7.77. The lowest BCUT2D eigenvalue weighted by Crippen LogP contribution is -2.44. The van der Waals surface area contributed by atoms with Crippen LogP contribution in [0.15, 0.2) is 36.8 Å². The van der Waals surface area contributed by atoms with E-state index in [4.69, 9.17) is 32.9 Å². The van der Waals surface area contributed by atoms with Gasteiger partial charge in [-0.25, -0.2) is 14.6 Å². The molecule has 5 rings (SSSR count). The standard InChI is InChI=1S/C22H24Cl2N6O/c1-14-8-28(9-15(2)31-14)10-17-5-18-21(25-7-17)29(13-30-22(18)26-12-27-30)11-16-3-4-19(23)20(24)6-16/h3-7,12,14-15H,8-11,13H2,1-2H3/t14-,15+. The Labute approximate surface area is 191 Å². The van der Waals surface area contributed by atoms with Crippen LogP contribution in [0, 0.1) is 0 Å². The lowest BCUT2D eigenvalue weighted by molar-refractivity contribution is -0.0705. The van der Waals surface area contributed by atoms with E-state index in [9.17, 15) is 0 Å². The molecule has 2 atom stereocenters. The Morgan fingerprint density at radius 3 is 2.58 bits per heavy atom. The minimum Gasteiger partial charge on any atom is -0.373 e. The normalized spacial score (nSPS) is 21.1. The third-order valence-corrected chi connectivity index (χ3v) is 6.38. The molecule has 31 heavy (non-hydrogen) atoms. The Morgan fingerprint density at radius 1 is 1.00 bits per heavy atom. The van der Waals surface area contributed by atoms with Crippen molar-refractivity contribution in [3.8, 4) is 11.4 Å². The predicted octanol–water partition coefficient (Wildman–Crippen LogP) is 4.23. The van der Waals surface area contributed by atoms with Gasteiger partial charge >= 0.3 is 0 Å². The summed E-state index contributed by atoms with van der Waals surface area (Å²) in [6.07, 6.45) is 4.04. The van der Waals surface area contributed by atoms with Crippen molar-refractivity contribution in [2.45, 2.75) is 45.8 Å². The van der Waals surface area contributed by atoms with Crippen molar-refractivity contribution in [2.24, 2.45) is 0 Å². The summed E-state index contributed by atoms with van der Waals surface area (Å²) >= 11 is 12.3. The van der Waals surface area contributed by atoms with Crippen molar-refractivity contribution in [3.05, 3.63) is 58.0 Å². The number of benzene rings is 1. The SMILES string of the molecule is C[C@@H]1CN(Cc2cnc3c(c2)-c2ncnn2CN3Cc2ccc(Cl)c(Cl)c2)C[C@H](C)O1. The van der Waals surface area contributed by atoms with Crippen molar-refractivity contribution >= 4 is 29.0 Å². The van der Waals surface area contributed by atoms with Crippen molar-refractivity contribution in [2.75, 3.05) is 18.0 Å². The van der Waals surface area contributed by atoms with Gasteiger partial charge in [0.15, 0.2) is 5.82 Å². The van der Waals surface area contributed by atoms with Crippen LogP contribution in [-0.2, 0) is 24.5 Å². The van der Waals surface area contributed by atoms with Crippen molar-refractivity contribution < 1.29 is 4.74 Å². The first-order valence-corrected chi connectivity index (χ1v) is 11.2. The molecule has 0 radical (unpaired) electrons. The fourth-order valence-electron chi connectivity index (χ4n) is 4.46. The average Bonchev–Trinajstić information content (AvgIpc) is 3.19. The summed E-state index contributed by atoms with van der Waals surface area (Å²) in [7, 11) is 0. The number of anilines is 1. The van der Waals surface area contributed by atoms with Crippen LogP contribution < -0.4 is 4.90 Å². The van der Waals surface area contributed by atoms with Crippen LogP contribution >= 0.6 is 23.2 Å². The van der Waals surface area contributed by atoms with Crippen LogP contribution in [0.1, 0.15) is 25.0 Å². The molecule has 7 nitrogen and oxygen atoms in total. The topological polar surface area (TPSA) is 59.3 Å². The van der Waals surface area contributed by atoms with Crippen molar-refractivity contribution in [1.82, 2.24) is 24.6 Å². The first-order valence-electron chi connectivity index (χ1n) is 10.4. The predicted molar refractivity (Wildman–Crippen MR) is 121 cm³/mol. The van der Waals surface area contributed by atoms with Gasteiger partial charge in [-0.15, -0.1) is 0 Å². The van der Waals surface area contributed by atoms with Gasteiger partial charge in [0.05, 0.1) is 27.8 Å². The summed E-state index contributed by atoms with van der Waals surface area (Å²) in [6.45, 7) is 8.14. The highest BCUT2D eigenvalue weighted by Crippen LogP contribution is 2.35. The zero-order valence-electron chi connectivity index (χ0n) is 17.5. The first-order chi connectivity index (χ1) is 15.0. The molecule has 162 valence electrons. The highest BCUT2D eigenvalue weighted by molar-refractivity contribution is 6.42. The Balaban J connectivity index is 1.43. The molecule has 2 aliphatic heterocycles. The van der Waals surface area contributed by atoms with Crippen LogP contribution in [0.4, 0.5) is 5.82 Å². The Kier molecular flexibility index (Phi) is 5.60. The molecule has 1 fully saturated rings. The molecule has 0 amide bonds. The molecule has 0 saturated carbocycles. The third-order valence-electron chi connectivity index (χ3n) is 5.64. The lowest BCUT2D eigenvalue weighted by Gasteiger charge is -2.35. The zero-order chi connectivity index (χ0) is 21.5. The molecule has 0 aliphatic carbocycles. The van der Waals surface area contributed by atoms with E-state index in [0.717, 1.165) is 48.0 Å². The Hall–Kier alpha value is -2.19. The maximum Gasteiger partial charge on any atom is 0.163 e. The lowest BCUT2D eigenvalue weighted by atomic mass is 10.1. The number of pyridine rings is 1. The minimum atomic E-state index is 0.235. The molecule has 2 aliphatic rings. The van der Waals surface area contributed by atoms with Gasteiger partial charge < -0.3 is 9.64 Å². The molecule has 0 bridgehead atoms. The van der Waals surface area contributed by atoms with Crippen molar-refractivity contribution in [1.29, 1.82) is 0 Å². The van der Waals surface area contributed by atoms with Gasteiger partial charge in [-0.3, -0.25) is 4.90 Å². The molecular weight excluding hydrogens is 435 g/mol. The molecule has 0 N–H and O–H groups in total. The maximum atomic E-state index is 6.22. The zero-order valence-corrected chi connectivity index (χ0v) is 19.0. The van der Waals surface area contributed by atoms with E-state index in [0.29, 0.717) is 23.3 Å². The van der Waals surface area contributed by atoms with Crippen molar-refractivity contribution in [3.63, 3.8) is 0 Å². The molecule has 2 aromatic heterocycles. The molecular formula is C22H24Cl2N6O. The molecule has 1 saturated heterocycles. The number of hydrogen-bond acceptors (Lipinski definition) is 6. The number of nitrogens with zero attached hydrogens (tertiary/aromatic N) is 6. The van der Waals surface area contributed by atoms with Gasteiger partial charge in [-0.05, 0) is 43.2 Å². The second-order valence-corrected chi connectivity index (χ2v) is 9.15. The molecule has 1 aromatic carbocycles. The quantitative estimate of drug-likeness (QED) is 0.582. The average molecular weight is 459 g/mol. The summed E-state index contributed by atoms with van der Waals surface area (Å²) in [5.74, 6) is 1.75. The number of aromatic nitrogens is 4. The van der Waals surface area contributed by atoms with Gasteiger partial charge in [-0.2, -0.15) is 5.10 Å². The van der Waals surface area contributed by atoms with E-state index in [1.54, 1.807) is 6.33 Å². The number of morpholine rings is 1. The second kappa shape index (κ2) is 8.39. The van der Waals surface area contributed by atoms with Crippen LogP contribution in [-0.4, -0.2) is 49.9 Å². The first kappa shape index (κ1) is 20.7. The van der Waals surface area contributed by atoms with E-state index in [1.807, 2.05) is 29.1 Å². The van der Waals surface area contributed by atoms with Gasteiger partial charge in [0.25, 0.3) is 0 Å². The van der Waals surface area contributed by atoms with E-state index in [-0.39, 0.29) is 12.2 Å². The number of halogens is 2. The summed E-state index contributed by atoms with van der Waals surface area (Å²) in [5.41, 5.74) is 3.22. The molecule has 0 unspecified atom stereocenters. The van der Waals surface area contributed by atoms with Gasteiger partial charge in [0.2, 0.25) is 0 Å². The monoisotopic (exact) mass is 458 g/mol. The van der Waals surface area contributed by atoms with E-state index >= 15 is 0 Å². The van der Waals surface area contributed by atoms with Crippen LogP contribution in [0.3, 0.4) is 0 Å². The third kappa shape index (κ3) is 4.28. The highest BCUT2D eigenvalue weighted by atomic mass is 35.5. The van der Waals surface area contributed by atoms with E-state index in [1.165, 1.54) is 0 Å². The van der Waals surface area contributed by atoms with E-state index < -0.39 is 0 Å². The summed E-state index contributed by atoms with van der Waals surface area (Å²) in [6, 6.07) is 7.90. The Morgan fingerprint density at radius 2 is 1.81 bits per heavy atom. The highest BCUT2D eigenvalue weighted by Gasteiger charge is 2.27. The van der Waals surface area contributed by atoms with Gasteiger partial charge in [-0.1, -0.05) is 29.3 Å². The second-order valence-electron chi connectivity index (χ2n) is 8.34. The number of hydrogen-bond donors (Lipinski definition) is 0. The fraction of sp³-hybridized carbons (Fsp3) is 0.409. The molecule has 4 heterocycles. The summed E-state index contributed by atoms with van der Waals surface area (Å²) in [4.78, 5) is 13.9. The minimum absolute atomic E-state index is 0.235. The number of fused-ring (bicyclic) bond motifs is 3. The largest absolute Gasteiger partial charge is 0.373 e. The van der Waals surface area contributed by atoms with Crippen LogP contribution in [0.5, 0.6) is 0 Å². The van der Waals surface area contributed by atoms with E-state index in [2.05, 4.69) is 39.8 Å². The van der Waals surface area contributed by atoms with Crippen LogP contribution in [0.2, 0.25) is 10.0 Å². The fourth-order valence-corrected chi connectivity index (χ4v) is 4.78. The molecule has 0 spiro atoms. The van der Waals surface area contributed by atoms with Crippen LogP contribution in [0.25, 0.3) is 11.4 Å². The smallest absolute Gasteiger partial charge is 0.163 e. The maximum absolute atomic E-state index is 6.22.